The van der Waals surface area contributed by atoms with Crippen LogP contribution in [0.25, 0.3) is 0 Å². The molecule has 0 fully saturated rings. The quantitative estimate of drug-likeness (QED) is 0.768. The predicted octanol–water partition coefficient (Wildman–Crippen LogP) is 3.54. The van der Waals surface area contributed by atoms with E-state index in [4.69, 9.17) is 9.47 Å². The summed E-state index contributed by atoms with van der Waals surface area (Å²) in [5.74, 6) is 0.666. The molecule has 0 bridgehead atoms. The van der Waals surface area contributed by atoms with E-state index < -0.39 is 0 Å². The van der Waals surface area contributed by atoms with Gasteiger partial charge in [-0.05, 0) is 42.8 Å². The zero-order valence-corrected chi connectivity index (χ0v) is 14.6. The van der Waals surface area contributed by atoms with Crippen molar-refractivity contribution in [3.05, 3.63) is 22.3 Å². The minimum atomic E-state index is -0.140. The number of halogens is 1. The molecule has 1 heterocycles. The third kappa shape index (κ3) is 7.22. The van der Waals surface area contributed by atoms with E-state index in [0.29, 0.717) is 25.1 Å². The highest BCUT2D eigenvalue weighted by Gasteiger charge is 2.11. The average Bonchev–Trinajstić information content (AvgIpc) is 2.32. The van der Waals surface area contributed by atoms with Crippen molar-refractivity contribution >= 4 is 15.9 Å². The SMILES string of the molecule is CC(C)NCc1cc(Br)cnc1OCCOC(C)(C)C. The summed E-state index contributed by atoms with van der Waals surface area (Å²) in [6.45, 7) is 12.1. The minimum absolute atomic E-state index is 0.140. The Kier molecular flexibility index (Phi) is 6.92. The maximum Gasteiger partial charge on any atom is 0.217 e. The summed E-state index contributed by atoms with van der Waals surface area (Å²) in [7, 11) is 0. The molecule has 114 valence electrons. The Labute approximate surface area is 130 Å². The summed E-state index contributed by atoms with van der Waals surface area (Å²) in [6, 6.07) is 2.45. The summed E-state index contributed by atoms with van der Waals surface area (Å²) < 4.78 is 12.3. The van der Waals surface area contributed by atoms with E-state index in [1.54, 1.807) is 6.20 Å². The van der Waals surface area contributed by atoms with Gasteiger partial charge in [0.15, 0.2) is 0 Å². The number of pyridine rings is 1. The molecule has 0 radical (unpaired) electrons. The Morgan fingerprint density at radius 3 is 2.60 bits per heavy atom. The normalized spacial score (nSPS) is 11.9. The second kappa shape index (κ2) is 7.96. The summed E-state index contributed by atoms with van der Waals surface area (Å²) in [5.41, 5.74) is 0.905. The van der Waals surface area contributed by atoms with Gasteiger partial charge in [-0.3, -0.25) is 0 Å². The second-order valence-corrected chi connectivity index (χ2v) is 6.88. The van der Waals surface area contributed by atoms with E-state index >= 15 is 0 Å². The van der Waals surface area contributed by atoms with Crippen LogP contribution in [0.3, 0.4) is 0 Å². The van der Waals surface area contributed by atoms with Crippen LogP contribution in [0.5, 0.6) is 5.88 Å². The first-order chi connectivity index (χ1) is 9.28. The van der Waals surface area contributed by atoms with Crippen LogP contribution in [0.2, 0.25) is 0 Å². The molecule has 0 saturated heterocycles. The standard InChI is InChI=1S/C15H25BrN2O2/c1-11(2)17-9-12-8-13(16)10-18-14(12)19-6-7-20-15(3,4)5/h8,10-11,17H,6-7,9H2,1-5H3. The summed E-state index contributed by atoms with van der Waals surface area (Å²) in [4.78, 5) is 4.33. The van der Waals surface area contributed by atoms with Crippen LogP contribution in [-0.2, 0) is 11.3 Å². The molecule has 20 heavy (non-hydrogen) atoms. The topological polar surface area (TPSA) is 43.4 Å². The highest BCUT2D eigenvalue weighted by atomic mass is 79.9. The Balaban J connectivity index is 2.55. The van der Waals surface area contributed by atoms with Gasteiger partial charge in [0.2, 0.25) is 5.88 Å². The van der Waals surface area contributed by atoms with Crippen molar-refractivity contribution in [2.24, 2.45) is 0 Å². The van der Waals surface area contributed by atoms with Crippen molar-refractivity contribution in [3.63, 3.8) is 0 Å². The van der Waals surface area contributed by atoms with Crippen molar-refractivity contribution < 1.29 is 9.47 Å². The van der Waals surface area contributed by atoms with E-state index in [1.807, 2.05) is 26.8 Å². The van der Waals surface area contributed by atoms with Crippen molar-refractivity contribution in [2.75, 3.05) is 13.2 Å². The Morgan fingerprint density at radius 2 is 2.00 bits per heavy atom. The monoisotopic (exact) mass is 344 g/mol. The molecule has 4 nitrogen and oxygen atoms in total. The second-order valence-electron chi connectivity index (χ2n) is 5.96. The highest BCUT2D eigenvalue weighted by Crippen LogP contribution is 2.20. The van der Waals surface area contributed by atoms with Gasteiger partial charge in [0.25, 0.3) is 0 Å². The lowest BCUT2D eigenvalue weighted by Crippen LogP contribution is -2.24. The largest absolute Gasteiger partial charge is 0.475 e. The number of aromatic nitrogens is 1. The van der Waals surface area contributed by atoms with Gasteiger partial charge < -0.3 is 14.8 Å². The Morgan fingerprint density at radius 1 is 1.30 bits per heavy atom. The number of hydrogen-bond donors (Lipinski definition) is 1. The van der Waals surface area contributed by atoms with Crippen molar-refractivity contribution in [1.29, 1.82) is 0 Å². The maximum absolute atomic E-state index is 5.72. The molecule has 0 amide bonds. The highest BCUT2D eigenvalue weighted by molar-refractivity contribution is 9.10. The molecular weight excluding hydrogens is 320 g/mol. The molecule has 0 atom stereocenters. The van der Waals surface area contributed by atoms with Crippen LogP contribution in [0.15, 0.2) is 16.7 Å². The van der Waals surface area contributed by atoms with Crippen LogP contribution >= 0.6 is 15.9 Å². The van der Waals surface area contributed by atoms with E-state index in [-0.39, 0.29) is 5.60 Å². The smallest absolute Gasteiger partial charge is 0.217 e. The molecule has 1 N–H and O–H groups in total. The number of rotatable bonds is 7. The Bertz CT molecular complexity index is 417. The molecule has 0 aliphatic heterocycles. The number of hydrogen-bond acceptors (Lipinski definition) is 4. The molecule has 0 aliphatic rings. The molecule has 5 heteroatoms. The molecular formula is C15H25BrN2O2. The van der Waals surface area contributed by atoms with Gasteiger partial charge in [0.1, 0.15) is 6.61 Å². The van der Waals surface area contributed by atoms with E-state index in [2.05, 4.69) is 40.1 Å². The fourth-order valence-corrected chi connectivity index (χ4v) is 1.90. The Hall–Kier alpha value is -0.650. The average molecular weight is 345 g/mol. The van der Waals surface area contributed by atoms with E-state index in [1.165, 1.54) is 0 Å². The van der Waals surface area contributed by atoms with Crippen molar-refractivity contribution in [2.45, 2.75) is 52.8 Å². The van der Waals surface area contributed by atoms with Gasteiger partial charge in [-0.15, -0.1) is 0 Å². The number of ether oxygens (including phenoxy) is 2. The molecule has 1 aromatic heterocycles. The van der Waals surface area contributed by atoms with Gasteiger partial charge in [-0.1, -0.05) is 13.8 Å². The fraction of sp³-hybridized carbons (Fsp3) is 0.667. The number of nitrogens with zero attached hydrogens (tertiary/aromatic N) is 1. The summed E-state index contributed by atoms with van der Waals surface area (Å²) in [5, 5.41) is 3.37. The lowest BCUT2D eigenvalue weighted by atomic mass is 10.2. The summed E-state index contributed by atoms with van der Waals surface area (Å²) in [6.07, 6.45) is 1.75. The maximum atomic E-state index is 5.72. The lowest BCUT2D eigenvalue weighted by Gasteiger charge is -2.20. The number of nitrogens with one attached hydrogen (secondary N) is 1. The molecule has 0 aromatic carbocycles. The molecule has 0 spiro atoms. The first-order valence-electron chi connectivity index (χ1n) is 6.92. The van der Waals surface area contributed by atoms with Crippen LogP contribution < -0.4 is 10.1 Å². The third-order valence-electron chi connectivity index (χ3n) is 2.45. The summed E-state index contributed by atoms with van der Waals surface area (Å²) >= 11 is 3.44. The minimum Gasteiger partial charge on any atom is -0.475 e. The zero-order valence-electron chi connectivity index (χ0n) is 13.0. The molecule has 1 rings (SSSR count). The zero-order chi connectivity index (χ0) is 15.2. The van der Waals surface area contributed by atoms with E-state index in [9.17, 15) is 0 Å². The lowest BCUT2D eigenvalue weighted by molar-refractivity contribution is -0.0169. The molecule has 0 saturated carbocycles. The van der Waals surface area contributed by atoms with Crippen LogP contribution in [0.4, 0.5) is 0 Å². The van der Waals surface area contributed by atoms with Gasteiger partial charge in [0.05, 0.1) is 12.2 Å². The third-order valence-corrected chi connectivity index (χ3v) is 2.88. The van der Waals surface area contributed by atoms with E-state index in [0.717, 1.165) is 16.6 Å². The molecule has 0 aliphatic carbocycles. The van der Waals surface area contributed by atoms with Crippen LogP contribution in [0.1, 0.15) is 40.2 Å². The van der Waals surface area contributed by atoms with Gasteiger partial charge in [-0.2, -0.15) is 0 Å². The van der Waals surface area contributed by atoms with Gasteiger partial charge in [-0.25, -0.2) is 4.98 Å². The molecule has 1 aromatic rings. The first kappa shape index (κ1) is 17.4. The van der Waals surface area contributed by atoms with Gasteiger partial charge >= 0.3 is 0 Å². The fourth-order valence-electron chi connectivity index (χ4n) is 1.53. The molecule has 0 unspecified atom stereocenters. The van der Waals surface area contributed by atoms with Crippen LogP contribution in [-0.4, -0.2) is 29.8 Å². The van der Waals surface area contributed by atoms with Crippen LogP contribution in [0, 0.1) is 0 Å². The van der Waals surface area contributed by atoms with Crippen molar-refractivity contribution in [3.8, 4) is 5.88 Å². The predicted molar refractivity (Wildman–Crippen MR) is 85.1 cm³/mol. The van der Waals surface area contributed by atoms with Crippen molar-refractivity contribution in [1.82, 2.24) is 10.3 Å². The first-order valence-corrected chi connectivity index (χ1v) is 7.72. The van der Waals surface area contributed by atoms with Gasteiger partial charge in [0, 0.05) is 28.8 Å².